The Labute approximate surface area is 228 Å². The van der Waals surface area contributed by atoms with Crippen LogP contribution in [0.2, 0.25) is 0 Å². The Bertz CT molecular complexity index is 1680. The molecule has 0 unspecified atom stereocenters. The molecule has 1 aromatic heterocycles. The van der Waals surface area contributed by atoms with E-state index in [9.17, 15) is 40.1 Å². The molecule has 2 aliphatic rings. The van der Waals surface area contributed by atoms with Gasteiger partial charge in [-0.15, -0.1) is 0 Å². The summed E-state index contributed by atoms with van der Waals surface area (Å²) >= 11 is 0. The van der Waals surface area contributed by atoms with Gasteiger partial charge in [0.15, 0.2) is 29.8 Å². The quantitative estimate of drug-likeness (QED) is 0.290. The second-order valence-corrected chi connectivity index (χ2v) is 12.2. The number of amides is 2. The van der Waals surface area contributed by atoms with E-state index in [1.807, 2.05) is 0 Å². The predicted octanol–water partition coefficient (Wildman–Crippen LogP) is 4.11. The topological polar surface area (TPSA) is 126 Å². The first kappa shape index (κ1) is 28.4. The summed E-state index contributed by atoms with van der Waals surface area (Å²) in [7, 11) is -3.31. The number of fused-ring (bicyclic) bond motifs is 3. The fourth-order valence-corrected chi connectivity index (χ4v) is 5.67. The molecule has 1 spiro atoms. The number of aromatic nitrogens is 2. The van der Waals surface area contributed by atoms with Crippen molar-refractivity contribution in [3.63, 3.8) is 0 Å². The number of ether oxygens (including phenoxy) is 1. The van der Waals surface area contributed by atoms with Gasteiger partial charge in [0.2, 0.25) is 5.91 Å². The summed E-state index contributed by atoms with van der Waals surface area (Å²) in [6, 6.07) is 5.59. The Hall–Kier alpha value is -4.08. The first-order chi connectivity index (χ1) is 19.1. The van der Waals surface area contributed by atoms with E-state index in [0.717, 1.165) is 6.26 Å². The van der Waals surface area contributed by atoms with Crippen molar-refractivity contribution in [1.82, 2.24) is 15.1 Å². The van der Waals surface area contributed by atoms with E-state index in [-0.39, 0.29) is 34.9 Å². The van der Waals surface area contributed by atoms with Gasteiger partial charge in [-0.2, -0.15) is 18.3 Å². The summed E-state index contributed by atoms with van der Waals surface area (Å²) in [5, 5.41) is 9.54. The standard InChI is InChI=1S/C25H21F6N5O4S/c1-41(32,39)9-18(37)33-21-20(13-7-16(26)19(28)17(27)8-13)35-36-10-24(34-23(38)22(21)36)5-4-12-6-14(2-3-15(12)24)40-11-25(29,30)31/h2-3,6-8,32H,4-5,9-11H2,1H3,(H,33,37)(H,34,38)/t24-,41+/m0/s1. The highest BCUT2D eigenvalue weighted by Crippen LogP contribution is 2.44. The number of nitrogens with zero attached hydrogens (tertiary/aromatic N) is 2. The summed E-state index contributed by atoms with van der Waals surface area (Å²) < 4.78 is 105. The van der Waals surface area contributed by atoms with Crippen molar-refractivity contribution >= 4 is 27.2 Å². The number of alkyl halides is 3. The van der Waals surface area contributed by atoms with Gasteiger partial charge in [-0.1, -0.05) is 6.07 Å². The molecule has 41 heavy (non-hydrogen) atoms. The van der Waals surface area contributed by atoms with Crippen LogP contribution in [0.1, 0.15) is 28.0 Å². The molecular formula is C25H21F6N5O4S. The Morgan fingerprint density at radius 1 is 1.22 bits per heavy atom. The van der Waals surface area contributed by atoms with Gasteiger partial charge in [0, 0.05) is 11.8 Å². The minimum Gasteiger partial charge on any atom is -0.484 e. The number of nitrogens with one attached hydrogen (secondary N) is 3. The van der Waals surface area contributed by atoms with E-state index in [4.69, 9.17) is 9.52 Å². The number of anilines is 1. The number of rotatable bonds is 6. The highest BCUT2D eigenvalue weighted by Gasteiger charge is 2.46. The number of carbonyl (C=O) groups excluding carboxylic acids is 2. The first-order valence-electron chi connectivity index (χ1n) is 12.0. The lowest BCUT2D eigenvalue weighted by Crippen LogP contribution is -2.52. The number of halogens is 6. The molecule has 5 rings (SSSR count). The third-order valence-corrected chi connectivity index (χ3v) is 7.50. The third-order valence-electron chi connectivity index (χ3n) is 6.68. The summed E-state index contributed by atoms with van der Waals surface area (Å²) in [5.74, 6) is -7.25. The van der Waals surface area contributed by atoms with Crippen LogP contribution in [0.5, 0.6) is 5.75 Å². The van der Waals surface area contributed by atoms with Crippen LogP contribution in [0.4, 0.5) is 32.0 Å². The molecule has 0 radical (unpaired) electrons. The molecule has 0 bridgehead atoms. The van der Waals surface area contributed by atoms with Crippen molar-refractivity contribution in [3.05, 3.63) is 64.6 Å². The molecule has 2 atom stereocenters. The maximum Gasteiger partial charge on any atom is 0.422 e. The van der Waals surface area contributed by atoms with Gasteiger partial charge in [0.25, 0.3) is 5.91 Å². The molecule has 218 valence electrons. The van der Waals surface area contributed by atoms with Crippen molar-refractivity contribution in [2.75, 3.05) is 23.9 Å². The third kappa shape index (κ3) is 5.60. The molecule has 16 heteroatoms. The number of hydrogen-bond donors (Lipinski definition) is 3. The van der Waals surface area contributed by atoms with Crippen molar-refractivity contribution in [3.8, 4) is 17.0 Å². The Morgan fingerprint density at radius 3 is 2.54 bits per heavy atom. The second kappa shape index (κ2) is 9.78. The zero-order valence-corrected chi connectivity index (χ0v) is 21.9. The summed E-state index contributed by atoms with van der Waals surface area (Å²) in [6.07, 6.45) is -2.80. The molecule has 0 saturated heterocycles. The van der Waals surface area contributed by atoms with Crippen LogP contribution in [0.25, 0.3) is 11.3 Å². The lowest BCUT2D eigenvalue weighted by molar-refractivity contribution is -0.153. The molecule has 0 saturated carbocycles. The van der Waals surface area contributed by atoms with Gasteiger partial charge < -0.3 is 15.4 Å². The molecule has 2 amide bonds. The normalized spacial score (nSPS) is 19.3. The minimum atomic E-state index is -4.52. The van der Waals surface area contributed by atoms with Crippen LogP contribution < -0.4 is 15.4 Å². The number of aryl methyl sites for hydroxylation is 1. The van der Waals surface area contributed by atoms with Crippen molar-refractivity contribution < 1.29 is 44.9 Å². The summed E-state index contributed by atoms with van der Waals surface area (Å²) in [5.41, 5.74) is -0.921. The lowest BCUT2D eigenvalue weighted by Gasteiger charge is -2.36. The van der Waals surface area contributed by atoms with E-state index < -0.39 is 63.1 Å². The van der Waals surface area contributed by atoms with Gasteiger partial charge in [0.1, 0.15) is 22.9 Å². The van der Waals surface area contributed by atoms with Crippen LogP contribution in [0.15, 0.2) is 30.3 Å². The first-order valence-corrected chi connectivity index (χ1v) is 14.1. The molecule has 1 aliphatic heterocycles. The number of carbonyl (C=O) groups is 2. The van der Waals surface area contributed by atoms with Gasteiger partial charge >= 0.3 is 6.18 Å². The van der Waals surface area contributed by atoms with Crippen LogP contribution in [-0.2, 0) is 33.0 Å². The van der Waals surface area contributed by atoms with Crippen LogP contribution in [0.3, 0.4) is 0 Å². The summed E-state index contributed by atoms with van der Waals surface area (Å²) in [4.78, 5) is 26.1. The molecular weight excluding hydrogens is 580 g/mol. The fraction of sp³-hybridized carbons (Fsp3) is 0.320. The van der Waals surface area contributed by atoms with Crippen molar-refractivity contribution in [2.24, 2.45) is 0 Å². The Balaban J connectivity index is 1.56. The number of benzene rings is 2. The maximum absolute atomic E-state index is 14.1. The Kier molecular flexibility index (Phi) is 6.79. The monoisotopic (exact) mass is 601 g/mol. The largest absolute Gasteiger partial charge is 0.484 e. The van der Waals surface area contributed by atoms with Crippen molar-refractivity contribution in [2.45, 2.75) is 31.1 Å². The van der Waals surface area contributed by atoms with Gasteiger partial charge in [-0.05, 0) is 48.2 Å². The smallest absolute Gasteiger partial charge is 0.422 e. The second-order valence-electron chi connectivity index (χ2n) is 9.94. The number of hydrogen-bond acceptors (Lipinski definition) is 6. The maximum atomic E-state index is 14.1. The highest BCUT2D eigenvalue weighted by atomic mass is 32.2. The van der Waals surface area contributed by atoms with Gasteiger partial charge in [0.05, 0.1) is 21.8 Å². The van der Waals surface area contributed by atoms with Gasteiger partial charge in [-0.3, -0.25) is 19.1 Å². The van der Waals surface area contributed by atoms with E-state index in [1.165, 1.54) is 22.9 Å². The fourth-order valence-electron chi connectivity index (χ4n) is 5.09. The van der Waals surface area contributed by atoms with Crippen LogP contribution in [-0.4, -0.2) is 50.6 Å². The zero-order valence-electron chi connectivity index (χ0n) is 21.1. The summed E-state index contributed by atoms with van der Waals surface area (Å²) in [6.45, 7) is -1.51. The molecule has 9 nitrogen and oxygen atoms in total. The minimum absolute atomic E-state index is 0.00501. The van der Waals surface area contributed by atoms with Gasteiger partial charge in [-0.25, -0.2) is 17.4 Å². The molecule has 3 aromatic rings. The molecule has 2 heterocycles. The average Bonchev–Trinajstić information content (AvgIpc) is 3.37. The molecule has 0 fully saturated rings. The van der Waals surface area contributed by atoms with E-state index in [1.54, 1.807) is 0 Å². The SMILES string of the molecule is C[S@@](=N)(=O)CC(=O)Nc1c(-c2cc(F)c(F)c(F)c2)nn2c1C(=O)N[C@@]1(CCc3cc(OCC(F)(F)F)ccc31)C2. The highest BCUT2D eigenvalue weighted by molar-refractivity contribution is 7.92. The molecule has 2 aromatic carbocycles. The van der Waals surface area contributed by atoms with E-state index in [2.05, 4.69) is 15.7 Å². The lowest BCUT2D eigenvalue weighted by atomic mass is 9.89. The predicted molar refractivity (Wildman–Crippen MR) is 133 cm³/mol. The zero-order chi connectivity index (χ0) is 29.9. The van der Waals surface area contributed by atoms with Crippen molar-refractivity contribution in [1.29, 1.82) is 4.78 Å². The average molecular weight is 602 g/mol. The Morgan fingerprint density at radius 2 is 1.90 bits per heavy atom. The molecule has 1 aliphatic carbocycles. The molecule has 3 N–H and O–H groups in total. The van der Waals surface area contributed by atoms with Crippen LogP contribution >= 0.6 is 0 Å². The van der Waals surface area contributed by atoms with Crippen LogP contribution in [0, 0.1) is 22.2 Å². The van der Waals surface area contributed by atoms with E-state index in [0.29, 0.717) is 36.1 Å². The van der Waals surface area contributed by atoms with E-state index >= 15 is 0 Å².